The van der Waals surface area contributed by atoms with Crippen LogP contribution in [0.25, 0.3) is 104 Å². The second-order valence-electron chi connectivity index (χ2n) is 12.4. The molecule has 0 fully saturated rings. The van der Waals surface area contributed by atoms with Crippen molar-refractivity contribution in [2.45, 2.75) is 0 Å². The molecule has 6 heteroatoms. The first-order valence-corrected chi connectivity index (χ1v) is 17.4. The van der Waals surface area contributed by atoms with Gasteiger partial charge in [-0.25, -0.2) is 15.0 Å². The molecule has 0 atom stereocenters. The van der Waals surface area contributed by atoms with E-state index in [9.17, 15) is 0 Å². The Balaban J connectivity index is 1.13. The van der Waals surface area contributed by atoms with Crippen molar-refractivity contribution >= 4 is 75.3 Å². The molecule has 238 valence electrons. The number of rotatable bonds is 4. The lowest BCUT2D eigenvalue weighted by molar-refractivity contribution is 0.669. The van der Waals surface area contributed by atoms with Crippen molar-refractivity contribution in [1.29, 1.82) is 0 Å². The maximum atomic E-state index is 8.65. The van der Waals surface area contributed by atoms with E-state index in [1.807, 2.05) is 72.0 Å². The van der Waals surface area contributed by atoms with Gasteiger partial charge in [-0.15, -0.1) is 11.3 Å². The summed E-state index contributed by atoms with van der Waals surface area (Å²) in [4.78, 5) is 14.2. The Kier molecular flexibility index (Phi) is 5.08. The smallest absolute Gasteiger partial charge is 0.164 e. The first-order chi connectivity index (χ1) is 27.4. The van der Waals surface area contributed by atoms with Crippen LogP contribution in [0.5, 0.6) is 0 Å². The van der Waals surface area contributed by atoms with Gasteiger partial charge < -0.3 is 8.98 Å². The van der Waals surface area contributed by atoms with Crippen LogP contribution in [-0.4, -0.2) is 19.5 Å². The number of hydrogen-bond acceptors (Lipinski definition) is 5. The molecule has 0 aliphatic rings. The summed E-state index contributed by atoms with van der Waals surface area (Å²) < 4.78 is 53.4. The van der Waals surface area contributed by atoms with Gasteiger partial charge in [-0.05, 0) is 48.5 Å². The summed E-state index contributed by atoms with van der Waals surface area (Å²) in [5.41, 5.74) is 5.78. The molecule has 0 amide bonds. The maximum Gasteiger partial charge on any atom is 0.164 e. The molecule has 0 bridgehead atoms. The molecular formula is C45H26N4OS. The number of fused-ring (bicyclic) bond motifs is 10. The summed E-state index contributed by atoms with van der Waals surface area (Å²) in [6.45, 7) is 0. The molecule has 51 heavy (non-hydrogen) atoms. The predicted molar refractivity (Wildman–Crippen MR) is 211 cm³/mol. The average molecular weight is 676 g/mol. The first-order valence-electron chi connectivity index (χ1n) is 19.0. The highest BCUT2D eigenvalue weighted by Crippen LogP contribution is 2.45. The van der Waals surface area contributed by atoms with E-state index in [0.717, 1.165) is 33.1 Å². The Hall–Kier alpha value is -6.63. The SMILES string of the molecule is [2H]c1c([2H])c([2H])c(-c2nc(-c3ccccc3)nc(-c3ccc4c(c3)oc3cccc(-n5c6ccccc6c6c7c(ccc65)sc5ccccc57)c34)n2)c([2H])c1[2H]. The second-order valence-corrected chi connectivity index (χ2v) is 13.5. The number of aromatic nitrogens is 4. The highest BCUT2D eigenvalue weighted by atomic mass is 32.1. The molecule has 7 aromatic carbocycles. The van der Waals surface area contributed by atoms with Gasteiger partial charge in [0.2, 0.25) is 0 Å². The third-order valence-electron chi connectivity index (χ3n) is 9.54. The summed E-state index contributed by atoms with van der Waals surface area (Å²) in [7, 11) is 0. The van der Waals surface area contributed by atoms with E-state index in [1.165, 1.54) is 30.9 Å². The van der Waals surface area contributed by atoms with Crippen molar-refractivity contribution in [2.75, 3.05) is 0 Å². The van der Waals surface area contributed by atoms with Crippen LogP contribution < -0.4 is 0 Å². The van der Waals surface area contributed by atoms with Gasteiger partial charge in [0.15, 0.2) is 17.5 Å². The number of thiophene rings is 1. The number of para-hydroxylation sites is 1. The van der Waals surface area contributed by atoms with Crippen molar-refractivity contribution < 1.29 is 11.3 Å². The molecular weight excluding hydrogens is 645 g/mol. The number of nitrogens with zero attached hydrogens (tertiary/aromatic N) is 4. The van der Waals surface area contributed by atoms with Crippen LogP contribution in [0.4, 0.5) is 0 Å². The summed E-state index contributed by atoms with van der Waals surface area (Å²) >= 11 is 1.82. The van der Waals surface area contributed by atoms with Crippen LogP contribution in [-0.2, 0) is 0 Å². The molecule has 5 nitrogen and oxygen atoms in total. The lowest BCUT2D eigenvalue weighted by Gasteiger charge is -2.10. The highest BCUT2D eigenvalue weighted by molar-refractivity contribution is 7.26. The lowest BCUT2D eigenvalue weighted by Crippen LogP contribution is -2.00. The molecule has 11 aromatic rings. The van der Waals surface area contributed by atoms with Crippen molar-refractivity contribution in [2.24, 2.45) is 0 Å². The monoisotopic (exact) mass is 675 g/mol. The van der Waals surface area contributed by atoms with Gasteiger partial charge in [-0.1, -0.05) is 109 Å². The van der Waals surface area contributed by atoms with E-state index in [0.29, 0.717) is 22.5 Å². The van der Waals surface area contributed by atoms with Gasteiger partial charge in [-0.2, -0.15) is 0 Å². The normalized spacial score (nSPS) is 13.3. The summed E-state index contributed by atoms with van der Waals surface area (Å²) in [6.07, 6.45) is 0. The van der Waals surface area contributed by atoms with Crippen LogP contribution in [0.3, 0.4) is 0 Å². The fraction of sp³-hybridized carbons (Fsp3) is 0. The fourth-order valence-corrected chi connectivity index (χ4v) is 8.48. The molecule has 0 radical (unpaired) electrons. The van der Waals surface area contributed by atoms with Gasteiger partial charge in [0.25, 0.3) is 0 Å². The Morgan fingerprint density at radius 3 is 2.10 bits per heavy atom. The van der Waals surface area contributed by atoms with Crippen molar-refractivity contribution in [3.63, 3.8) is 0 Å². The topological polar surface area (TPSA) is 56.7 Å². The minimum Gasteiger partial charge on any atom is -0.456 e. The van der Waals surface area contributed by atoms with E-state index in [2.05, 4.69) is 76.3 Å². The molecule has 0 spiro atoms. The van der Waals surface area contributed by atoms with E-state index in [4.69, 9.17) is 21.2 Å². The van der Waals surface area contributed by atoms with Crippen LogP contribution >= 0.6 is 11.3 Å². The number of benzene rings is 7. The summed E-state index contributed by atoms with van der Waals surface area (Å²) in [5.74, 6) is 0.567. The Morgan fingerprint density at radius 1 is 0.490 bits per heavy atom. The molecule has 4 heterocycles. The van der Waals surface area contributed by atoms with Crippen molar-refractivity contribution in [3.05, 3.63) is 158 Å². The van der Waals surface area contributed by atoms with Crippen LogP contribution in [0.1, 0.15) is 6.85 Å². The molecule has 0 aliphatic heterocycles. The van der Waals surface area contributed by atoms with Gasteiger partial charge in [-0.3, -0.25) is 0 Å². The molecule has 4 aromatic heterocycles. The zero-order chi connectivity index (χ0) is 37.8. The third kappa shape index (κ3) is 4.30. The largest absolute Gasteiger partial charge is 0.456 e. The third-order valence-corrected chi connectivity index (χ3v) is 10.7. The second kappa shape index (κ2) is 10.9. The van der Waals surface area contributed by atoms with Crippen molar-refractivity contribution in [1.82, 2.24) is 19.5 Å². The zero-order valence-electron chi connectivity index (χ0n) is 31.7. The predicted octanol–water partition coefficient (Wildman–Crippen LogP) is 12.2. The van der Waals surface area contributed by atoms with E-state index < -0.39 is 18.1 Å². The molecule has 0 unspecified atom stereocenters. The molecule has 0 N–H and O–H groups in total. The summed E-state index contributed by atoms with van der Waals surface area (Å²) in [5, 5.41) is 6.80. The Morgan fingerprint density at radius 2 is 1.24 bits per heavy atom. The lowest BCUT2D eigenvalue weighted by atomic mass is 10.1. The molecule has 0 saturated heterocycles. The van der Waals surface area contributed by atoms with E-state index >= 15 is 0 Å². The van der Waals surface area contributed by atoms with Gasteiger partial charge >= 0.3 is 0 Å². The number of hydrogen-bond donors (Lipinski definition) is 0. The average Bonchev–Trinajstić information content (AvgIpc) is 3.91. The van der Waals surface area contributed by atoms with Crippen LogP contribution in [0, 0.1) is 0 Å². The van der Waals surface area contributed by atoms with Crippen LogP contribution in [0.15, 0.2) is 162 Å². The minimum absolute atomic E-state index is 0.0169. The Labute approximate surface area is 302 Å². The van der Waals surface area contributed by atoms with Crippen molar-refractivity contribution in [3.8, 4) is 39.9 Å². The standard InChI is InChI=1S/C45H26N4OS/c1-3-12-27(13-4-1)43-46-44(28-14-5-2-6-15-28)48-45(47-43)29-22-23-31-37(26-29)50-36-20-11-19-34(40(31)36)49-33-18-9-7-16-30(33)41-35(49)24-25-39-42(41)32-17-8-10-21-38(32)51-39/h1-26H/i1D,3D,4D,12D,13D. The fourth-order valence-electron chi connectivity index (χ4n) is 7.36. The van der Waals surface area contributed by atoms with E-state index in [1.54, 1.807) is 0 Å². The zero-order valence-corrected chi connectivity index (χ0v) is 27.5. The molecule has 0 saturated carbocycles. The molecule has 11 rings (SSSR count). The maximum absolute atomic E-state index is 8.65. The summed E-state index contributed by atoms with van der Waals surface area (Å²) in [6, 6.07) is 40.7. The quantitative estimate of drug-likeness (QED) is 0.186. The van der Waals surface area contributed by atoms with Gasteiger partial charge in [0.05, 0.1) is 29.0 Å². The Bertz CT molecular complexity index is 3420. The first kappa shape index (κ1) is 23.7. The highest BCUT2D eigenvalue weighted by Gasteiger charge is 2.21. The molecule has 0 aliphatic carbocycles. The minimum atomic E-state index is -0.481. The van der Waals surface area contributed by atoms with Gasteiger partial charge in [0.1, 0.15) is 11.2 Å². The van der Waals surface area contributed by atoms with E-state index in [-0.39, 0.29) is 29.3 Å². The van der Waals surface area contributed by atoms with Crippen LogP contribution in [0.2, 0.25) is 0 Å². The van der Waals surface area contributed by atoms with Gasteiger partial charge in [0, 0.05) is 53.0 Å². The number of furan rings is 1.